The van der Waals surface area contributed by atoms with E-state index in [1.807, 2.05) is 4.57 Å². The van der Waals surface area contributed by atoms with Crippen molar-refractivity contribution < 1.29 is 0 Å². The fourth-order valence-corrected chi connectivity index (χ4v) is 1.65. The lowest BCUT2D eigenvalue weighted by Gasteiger charge is -2.24. The van der Waals surface area contributed by atoms with E-state index < -0.39 is 0 Å². The summed E-state index contributed by atoms with van der Waals surface area (Å²) in [7, 11) is 0. The Kier molecular flexibility index (Phi) is 4.75. The number of nitrogens with one attached hydrogen (secondary N) is 1. The molecule has 15 heavy (non-hydrogen) atoms. The second-order valence-corrected chi connectivity index (χ2v) is 4.40. The summed E-state index contributed by atoms with van der Waals surface area (Å²) < 4.78 is 2.00. The summed E-state index contributed by atoms with van der Waals surface area (Å²) in [6.45, 7) is 9.87. The molecule has 4 heteroatoms. The van der Waals surface area contributed by atoms with Gasteiger partial charge in [0.2, 0.25) is 0 Å². The van der Waals surface area contributed by atoms with Crippen LogP contribution < -0.4 is 5.32 Å². The molecule has 1 N–H and O–H groups in total. The zero-order chi connectivity index (χ0) is 11.3. The van der Waals surface area contributed by atoms with Gasteiger partial charge in [0.05, 0.1) is 0 Å². The van der Waals surface area contributed by atoms with Crippen molar-refractivity contribution in [3.8, 4) is 0 Å². The Morgan fingerprint density at radius 3 is 2.33 bits per heavy atom. The third-order valence-corrected chi connectivity index (χ3v) is 3.00. The Balaban J connectivity index is 2.32. The molecule has 0 aliphatic heterocycles. The number of nitrogens with zero attached hydrogens (tertiary/aromatic N) is 3. The molecule has 0 aliphatic rings. The molecule has 4 nitrogen and oxygen atoms in total. The molecule has 0 amide bonds. The summed E-state index contributed by atoms with van der Waals surface area (Å²) in [5, 5.41) is 11.2. The maximum atomic E-state index is 3.79. The highest BCUT2D eigenvalue weighted by molar-refractivity contribution is 4.73. The maximum absolute atomic E-state index is 3.79. The monoisotopic (exact) mass is 210 g/mol. The minimum atomic E-state index is 0.449. The van der Waals surface area contributed by atoms with Crippen LogP contribution in [0.15, 0.2) is 12.7 Å². The lowest BCUT2D eigenvalue weighted by molar-refractivity contribution is 0.339. The molecule has 0 fully saturated rings. The molecule has 1 heterocycles. The molecule has 0 saturated heterocycles. The molecule has 1 rings (SSSR count). The molecular formula is C11H22N4. The van der Waals surface area contributed by atoms with Gasteiger partial charge in [0.25, 0.3) is 0 Å². The molecule has 1 aromatic rings. The Bertz CT molecular complexity index is 258. The van der Waals surface area contributed by atoms with Crippen molar-refractivity contribution in [2.75, 3.05) is 0 Å². The first-order valence-corrected chi connectivity index (χ1v) is 5.72. The Hall–Kier alpha value is -0.900. The molecule has 0 saturated carbocycles. The minimum Gasteiger partial charge on any atom is -0.319 e. The summed E-state index contributed by atoms with van der Waals surface area (Å²) in [6, 6.07) is 1.01. The van der Waals surface area contributed by atoms with Gasteiger partial charge >= 0.3 is 0 Å². The van der Waals surface area contributed by atoms with E-state index in [1.54, 1.807) is 12.7 Å². The second kappa shape index (κ2) is 5.85. The van der Waals surface area contributed by atoms with Gasteiger partial charge < -0.3 is 9.88 Å². The van der Waals surface area contributed by atoms with Gasteiger partial charge in [-0.25, -0.2) is 0 Å². The van der Waals surface area contributed by atoms with Crippen LogP contribution in [-0.4, -0.2) is 26.8 Å². The van der Waals surface area contributed by atoms with Crippen LogP contribution in [0.5, 0.6) is 0 Å². The van der Waals surface area contributed by atoms with Crippen LogP contribution in [0.25, 0.3) is 0 Å². The quantitative estimate of drug-likeness (QED) is 0.777. The largest absolute Gasteiger partial charge is 0.319 e. The van der Waals surface area contributed by atoms with Crippen molar-refractivity contribution in [1.29, 1.82) is 0 Å². The number of hydrogen-bond acceptors (Lipinski definition) is 3. The molecule has 0 aliphatic carbocycles. The van der Waals surface area contributed by atoms with E-state index in [0.29, 0.717) is 18.0 Å². The first-order chi connectivity index (χ1) is 7.13. The lowest BCUT2D eigenvalue weighted by atomic mass is 10.0. The second-order valence-electron chi connectivity index (χ2n) is 4.40. The molecule has 0 bridgehead atoms. The van der Waals surface area contributed by atoms with Crippen molar-refractivity contribution in [2.24, 2.45) is 5.92 Å². The molecule has 0 aromatic carbocycles. The molecule has 0 spiro atoms. The van der Waals surface area contributed by atoms with Crippen molar-refractivity contribution in [2.45, 2.75) is 52.7 Å². The van der Waals surface area contributed by atoms with Gasteiger partial charge in [-0.1, -0.05) is 20.3 Å². The Morgan fingerprint density at radius 2 is 1.80 bits per heavy atom. The molecule has 3 unspecified atom stereocenters. The van der Waals surface area contributed by atoms with Crippen molar-refractivity contribution >= 4 is 0 Å². The van der Waals surface area contributed by atoms with Gasteiger partial charge in [0.15, 0.2) is 0 Å². The van der Waals surface area contributed by atoms with Gasteiger partial charge in [-0.3, -0.25) is 0 Å². The van der Waals surface area contributed by atoms with Crippen LogP contribution in [0.1, 0.15) is 34.1 Å². The van der Waals surface area contributed by atoms with Crippen LogP contribution in [0.4, 0.5) is 0 Å². The van der Waals surface area contributed by atoms with Crippen LogP contribution in [0, 0.1) is 5.92 Å². The highest BCUT2D eigenvalue weighted by Crippen LogP contribution is 2.07. The average Bonchev–Trinajstić information content (AvgIpc) is 2.68. The van der Waals surface area contributed by atoms with Gasteiger partial charge in [0, 0.05) is 18.6 Å². The van der Waals surface area contributed by atoms with E-state index in [4.69, 9.17) is 0 Å². The van der Waals surface area contributed by atoms with E-state index >= 15 is 0 Å². The summed E-state index contributed by atoms with van der Waals surface area (Å²) in [5.74, 6) is 0.716. The number of aromatic nitrogens is 3. The summed E-state index contributed by atoms with van der Waals surface area (Å²) in [5.41, 5.74) is 0. The minimum absolute atomic E-state index is 0.449. The van der Waals surface area contributed by atoms with Crippen LogP contribution in [-0.2, 0) is 6.54 Å². The molecule has 0 radical (unpaired) electrons. The molecule has 1 aromatic heterocycles. The van der Waals surface area contributed by atoms with Crippen LogP contribution in [0.3, 0.4) is 0 Å². The van der Waals surface area contributed by atoms with E-state index in [2.05, 4.69) is 43.2 Å². The summed E-state index contributed by atoms with van der Waals surface area (Å²) in [4.78, 5) is 0. The van der Waals surface area contributed by atoms with Crippen LogP contribution in [0.2, 0.25) is 0 Å². The van der Waals surface area contributed by atoms with E-state index in [9.17, 15) is 0 Å². The molecule has 3 atom stereocenters. The zero-order valence-corrected chi connectivity index (χ0v) is 10.1. The Labute approximate surface area is 92.1 Å². The van der Waals surface area contributed by atoms with E-state index in [-0.39, 0.29) is 0 Å². The maximum Gasteiger partial charge on any atom is 0.119 e. The fourth-order valence-electron chi connectivity index (χ4n) is 1.65. The van der Waals surface area contributed by atoms with Crippen molar-refractivity contribution in [1.82, 2.24) is 20.1 Å². The SMILES string of the molecule is CCC(C)C(C)NC(C)Cn1cnnc1. The molecular weight excluding hydrogens is 188 g/mol. The normalized spacial score (nSPS) is 17.3. The van der Waals surface area contributed by atoms with Crippen molar-refractivity contribution in [3.63, 3.8) is 0 Å². The molecule has 86 valence electrons. The number of hydrogen-bond donors (Lipinski definition) is 1. The van der Waals surface area contributed by atoms with Gasteiger partial charge in [-0.15, -0.1) is 10.2 Å². The topological polar surface area (TPSA) is 42.7 Å². The standard InChI is InChI=1S/C11H22N4/c1-5-9(2)11(4)14-10(3)6-15-7-12-13-8-15/h7-11,14H,5-6H2,1-4H3. The zero-order valence-electron chi connectivity index (χ0n) is 10.1. The first-order valence-electron chi connectivity index (χ1n) is 5.72. The first kappa shape index (κ1) is 12.2. The van der Waals surface area contributed by atoms with Gasteiger partial charge in [0.1, 0.15) is 12.7 Å². The summed E-state index contributed by atoms with van der Waals surface area (Å²) in [6.07, 6.45) is 4.73. The van der Waals surface area contributed by atoms with Crippen LogP contribution >= 0.6 is 0 Å². The van der Waals surface area contributed by atoms with E-state index in [1.165, 1.54) is 6.42 Å². The Morgan fingerprint density at radius 1 is 1.20 bits per heavy atom. The highest BCUT2D eigenvalue weighted by atomic mass is 15.2. The summed E-state index contributed by atoms with van der Waals surface area (Å²) >= 11 is 0. The number of rotatable bonds is 6. The third-order valence-electron chi connectivity index (χ3n) is 3.00. The lowest BCUT2D eigenvalue weighted by Crippen LogP contribution is -2.40. The predicted molar refractivity (Wildman–Crippen MR) is 61.5 cm³/mol. The smallest absolute Gasteiger partial charge is 0.119 e. The third kappa shape index (κ3) is 4.00. The van der Waals surface area contributed by atoms with E-state index in [0.717, 1.165) is 6.54 Å². The highest BCUT2D eigenvalue weighted by Gasteiger charge is 2.12. The van der Waals surface area contributed by atoms with Gasteiger partial charge in [-0.2, -0.15) is 0 Å². The van der Waals surface area contributed by atoms with Gasteiger partial charge in [-0.05, 0) is 19.8 Å². The predicted octanol–water partition coefficient (Wildman–Crippen LogP) is 1.69. The fraction of sp³-hybridized carbons (Fsp3) is 0.818. The van der Waals surface area contributed by atoms with Crippen molar-refractivity contribution in [3.05, 3.63) is 12.7 Å². The average molecular weight is 210 g/mol.